The molecular weight excluding hydrogens is 264 g/mol. The van der Waals surface area contributed by atoms with Gasteiger partial charge >= 0.3 is 5.69 Å². The molecular formula is C11H20N6O3. The van der Waals surface area contributed by atoms with Gasteiger partial charge in [0.1, 0.15) is 5.82 Å². The van der Waals surface area contributed by atoms with Crippen molar-refractivity contribution in [3.63, 3.8) is 0 Å². The summed E-state index contributed by atoms with van der Waals surface area (Å²) in [6.45, 7) is 2.16. The highest BCUT2D eigenvalue weighted by atomic mass is 16.6. The van der Waals surface area contributed by atoms with E-state index in [0.29, 0.717) is 12.4 Å². The Labute approximate surface area is 116 Å². The number of nitrogens with zero attached hydrogens (tertiary/aromatic N) is 3. The third kappa shape index (κ3) is 4.61. The van der Waals surface area contributed by atoms with E-state index in [9.17, 15) is 15.2 Å². The summed E-state index contributed by atoms with van der Waals surface area (Å²) >= 11 is 0. The van der Waals surface area contributed by atoms with E-state index in [-0.39, 0.29) is 18.1 Å². The van der Waals surface area contributed by atoms with Crippen LogP contribution in [0.1, 0.15) is 6.92 Å². The normalized spacial score (nSPS) is 13.9. The number of hydrogen-bond donors (Lipinski definition) is 4. The van der Waals surface area contributed by atoms with E-state index in [4.69, 9.17) is 5.84 Å². The molecule has 112 valence electrons. The Morgan fingerprint density at radius 3 is 2.70 bits per heavy atom. The molecule has 9 heteroatoms. The summed E-state index contributed by atoms with van der Waals surface area (Å²) in [5, 5.41) is 23.9. The van der Waals surface area contributed by atoms with Crippen LogP contribution in [0.5, 0.6) is 0 Å². The molecule has 0 saturated carbocycles. The highest BCUT2D eigenvalue weighted by molar-refractivity contribution is 5.60. The van der Waals surface area contributed by atoms with Crippen molar-refractivity contribution in [1.82, 2.24) is 9.88 Å². The summed E-state index contributed by atoms with van der Waals surface area (Å²) in [5.74, 6) is 5.58. The predicted octanol–water partition coefficient (Wildman–Crippen LogP) is -0.0001000. The maximum absolute atomic E-state index is 10.9. The molecule has 20 heavy (non-hydrogen) atoms. The highest BCUT2D eigenvalue weighted by Gasteiger charge is 2.24. The molecule has 0 radical (unpaired) electrons. The van der Waals surface area contributed by atoms with Crippen molar-refractivity contribution in [3.05, 3.63) is 22.2 Å². The molecule has 9 nitrogen and oxygen atoms in total. The van der Waals surface area contributed by atoms with Crippen molar-refractivity contribution >= 4 is 17.3 Å². The lowest BCUT2D eigenvalue weighted by Crippen LogP contribution is -2.43. The second kappa shape index (κ2) is 6.46. The topological polar surface area (TPSA) is 130 Å². The van der Waals surface area contributed by atoms with E-state index >= 15 is 0 Å². The van der Waals surface area contributed by atoms with Gasteiger partial charge in [-0.3, -0.25) is 10.1 Å². The first-order chi connectivity index (χ1) is 9.25. The minimum absolute atomic E-state index is 0.0597. The number of pyridine rings is 1. The lowest BCUT2D eigenvalue weighted by molar-refractivity contribution is -0.384. The minimum Gasteiger partial charge on any atom is -0.387 e. The fraction of sp³-hybridized carbons (Fsp3) is 0.545. The molecule has 5 N–H and O–H groups in total. The first-order valence-corrected chi connectivity index (χ1v) is 5.98. The fourth-order valence-corrected chi connectivity index (χ4v) is 1.82. The zero-order valence-corrected chi connectivity index (χ0v) is 11.8. The Kier molecular flexibility index (Phi) is 5.19. The summed E-state index contributed by atoms with van der Waals surface area (Å²) < 4.78 is 0. The first-order valence-electron chi connectivity index (χ1n) is 5.98. The van der Waals surface area contributed by atoms with Crippen LogP contribution in [0.25, 0.3) is 0 Å². The number of anilines is 2. The average molecular weight is 284 g/mol. The first kappa shape index (κ1) is 16.1. The summed E-state index contributed by atoms with van der Waals surface area (Å²) in [4.78, 5) is 16.2. The van der Waals surface area contributed by atoms with Gasteiger partial charge in [-0.15, -0.1) is 0 Å². The molecule has 0 spiro atoms. The number of nitrogens with two attached hydrogens (primary N) is 1. The molecule has 0 bridgehead atoms. The Morgan fingerprint density at radius 1 is 1.55 bits per heavy atom. The van der Waals surface area contributed by atoms with E-state index in [1.165, 1.54) is 12.1 Å². The molecule has 0 fully saturated rings. The van der Waals surface area contributed by atoms with Crippen LogP contribution in [0.4, 0.5) is 17.3 Å². The molecule has 1 aromatic rings. The summed E-state index contributed by atoms with van der Waals surface area (Å²) in [6, 6.07) is 2.70. The molecule has 0 aliphatic rings. The van der Waals surface area contributed by atoms with Crippen molar-refractivity contribution in [1.29, 1.82) is 0 Å². The van der Waals surface area contributed by atoms with Crippen molar-refractivity contribution in [2.24, 2.45) is 5.84 Å². The third-order valence-electron chi connectivity index (χ3n) is 2.51. The largest absolute Gasteiger partial charge is 0.387 e. The Balaban J connectivity index is 2.87. The van der Waals surface area contributed by atoms with Crippen molar-refractivity contribution in [3.8, 4) is 0 Å². The number of hydrazine groups is 1. The van der Waals surface area contributed by atoms with E-state index in [1.54, 1.807) is 6.92 Å². The van der Waals surface area contributed by atoms with Gasteiger partial charge < -0.3 is 20.7 Å². The Hall–Kier alpha value is -1.97. The zero-order valence-electron chi connectivity index (χ0n) is 11.8. The maximum atomic E-state index is 10.9. The van der Waals surface area contributed by atoms with Crippen molar-refractivity contribution < 1.29 is 10.0 Å². The summed E-state index contributed by atoms with van der Waals surface area (Å²) in [5.41, 5.74) is 1.09. The summed E-state index contributed by atoms with van der Waals surface area (Å²) in [6.07, 6.45) is 0. The monoisotopic (exact) mass is 284 g/mol. The van der Waals surface area contributed by atoms with Gasteiger partial charge in [-0.2, -0.15) is 0 Å². The van der Waals surface area contributed by atoms with Gasteiger partial charge in [0.15, 0.2) is 0 Å². The zero-order chi connectivity index (χ0) is 15.3. The summed E-state index contributed by atoms with van der Waals surface area (Å²) in [7, 11) is 3.66. The lowest BCUT2D eigenvalue weighted by Gasteiger charge is -2.27. The predicted molar refractivity (Wildman–Crippen MR) is 76.4 cm³/mol. The number of hydrogen-bond acceptors (Lipinski definition) is 8. The number of aliphatic hydroxyl groups is 1. The quantitative estimate of drug-likeness (QED) is 0.313. The van der Waals surface area contributed by atoms with Crippen LogP contribution >= 0.6 is 0 Å². The van der Waals surface area contributed by atoms with Crippen LogP contribution < -0.4 is 16.6 Å². The molecule has 0 aliphatic carbocycles. The lowest BCUT2D eigenvalue weighted by atomic mass is 10.1. The highest BCUT2D eigenvalue weighted by Crippen LogP contribution is 2.24. The Morgan fingerprint density at radius 2 is 2.20 bits per heavy atom. The molecule has 0 aliphatic heterocycles. The molecule has 1 unspecified atom stereocenters. The van der Waals surface area contributed by atoms with Gasteiger partial charge in [-0.05, 0) is 27.1 Å². The van der Waals surface area contributed by atoms with Gasteiger partial charge in [0.05, 0.1) is 10.5 Å². The number of aromatic nitrogens is 1. The number of rotatable bonds is 7. The van der Waals surface area contributed by atoms with Crippen molar-refractivity contribution in [2.45, 2.75) is 12.5 Å². The molecule has 1 atom stereocenters. The van der Waals surface area contributed by atoms with E-state index < -0.39 is 10.5 Å². The molecule has 1 heterocycles. The van der Waals surface area contributed by atoms with Crippen LogP contribution in [0.3, 0.4) is 0 Å². The SMILES string of the molecule is CN(C)CC(C)(O)CNc1nc(NN)ccc1[N+](=O)[O-]. The van der Waals surface area contributed by atoms with Gasteiger partial charge in [0.2, 0.25) is 5.82 Å². The molecule has 0 aromatic carbocycles. The van der Waals surface area contributed by atoms with E-state index in [0.717, 1.165) is 0 Å². The number of likely N-dealkylation sites (N-methyl/N-ethyl adjacent to an activating group) is 1. The Bertz CT molecular complexity index is 477. The van der Waals surface area contributed by atoms with Crippen LogP contribution in [-0.4, -0.2) is 52.7 Å². The molecule has 1 rings (SSSR count). The van der Waals surface area contributed by atoms with Crippen molar-refractivity contribution in [2.75, 3.05) is 37.9 Å². The number of nitrogens with one attached hydrogen (secondary N) is 2. The second-order valence-corrected chi connectivity index (χ2v) is 5.05. The third-order valence-corrected chi connectivity index (χ3v) is 2.51. The average Bonchev–Trinajstić information content (AvgIpc) is 2.34. The van der Waals surface area contributed by atoms with E-state index in [2.05, 4.69) is 15.7 Å². The van der Waals surface area contributed by atoms with Gasteiger partial charge in [-0.1, -0.05) is 0 Å². The fourth-order valence-electron chi connectivity index (χ4n) is 1.82. The second-order valence-electron chi connectivity index (χ2n) is 5.05. The van der Waals surface area contributed by atoms with Crippen LogP contribution in [0.15, 0.2) is 12.1 Å². The smallest absolute Gasteiger partial charge is 0.311 e. The molecule has 1 aromatic heterocycles. The standard InChI is InChI=1S/C11H20N6O3/c1-11(18,7-16(2)3)6-13-10-8(17(19)20)4-5-9(14-10)15-12/h4-5,18H,6-7,12H2,1-3H3,(H2,13,14,15). The van der Waals surface area contributed by atoms with Gasteiger partial charge in [-0.25, -0.2) is 10.8 Å². The van der Waals surface area contributed by atoms with Crippen LogP contribution in [0, 0.1) is 10.1 Å². The van der Waals surface area contributed by atoms with E-state index in [1.807, 2.05) is 19.0 Å². The minimum atomic E-state index is -1.05. The van der Waals surface area contributed by atoms with Gasteiger partial charge in [0.25, 0.3) is 0 Å². The number of nitrogen functional groups attached to an aromatic ring is 1. The van der Waals surface area contributed by atoms with Crippen LogP contribution in [0.2, 0.25) is 0 Å². The maximum Gasteiger partial charge on any atom is 0.311 e. The number of nitro groups is 1. The molecule has 0 amide bonds. The molecule has 0 saturated heterocycles. The van der Waals surface area contributed by atoms with Crippen LogP contribution in [-0.2, 0) is 0 Å². The van der Waals surface area contributed by atoms with Gasteiger partial charge in [0, 0.05) is 19.2 Å².